The van der Waals surface area contributed by atoms with Crippen LogP contribution in [0.3, 0.4) is 0 Å². The molecular weight excluding hydrogens is 454 g/mol. The summed E-state index contributed by atoms with van der Waals surface area (Å²) in [6, 6.07) is 14.9. The second kappa shape index (κ2) is 12.6. The van der Waals surface area contributed by atoms with Crippen molar-refractivity contribution in [1.82, 2.24) is 9.88 Å². The molecule has 0 N–H and O–H groups in total. The van der Waals surface area contributed by atoms with Crippen molar-refractivity contribution in [3.63, 3.8) is 0 Å². The van der Waals surface area contributed by atoms with Gasteiger partial charge in [0.05, 0.1) is 10.2 Å². The van der Waals surface area contributed by atoms with Gasteiger partial charge in [0, 0.05) is 29.3 Å². The Morgan fingerprint density at radius 1 is 1.06 bits per heavy atom. The third-order valence-electron chi connectivity index (χ3n) is 5.48. The van der Waals surface area contributed by atoms with Gasteiger partial charge in [-0.25, -0.2) is 4.98 Å². The topological polar surface area (TPSA) is 36.4 Å². The van der Waals surface area contributed by atoms with Gasteiger partial charge in [0.25, 0.3) is 0 Å². The van der Waals surface area contributed by atoms with E-state index >= 15 is 0 Å². The molecule has 0 radical (unpaired) electrons. The fourth-order valence-electron chi connectivity index (χ4n) is 3.48. The van der Waals surface area contributed by atoms with Crippen LogP contribution in [0.15, 0.2) is 52.3 Å². The first kappa shape index (κ1) is 25.1. The highest BCUT2D eigenvalue weighted by Crippen LogP contribution is 2.34. The fourth-order valence-corrected chi connectivity index (χ4v) is 6.00. The van der Waals surface area contributed by atoms with Crippen molar-refractivity contribution in [2.75, 3.05) is 43.1 Å². The average molecular weight is 488 g/mol. The molecule has 0 aliphatic carbocycles. The van der Waals surface area contributed by atoms with E-state index < -0.39 is 0 Å². The number of likely N-dealkylation sites (N-methyl/N-ethyl adjacent to an activating group) is 1. The normalized spacial score (nSPS) is 11.4. The van der Waals surface area contributed by atoms with Crippen molar-refractivity contribution in [3.8, 4) is 0 Å². The van der Waals surface area contributed by atoms with E-state index in [0.717, 1.165) is 52.1 Å². The maximum absolute atomic E-state index is 13.3. The van der Waals surface area contributed by atoms with Crippen molar-refractivity contribution in [2.24, 2.45) is 0 Å². The molecule has 0 spiro atoms. The lowest BCUT2D eigenvalue weighted by Crippen LogP contribution is -2.38. The van der Waals surface area contributed by atoms with Crippen LogP contribution < -0.4 is 4.90 Å². The monoisotopic (exact) mass is 487 g/mol. The number of carbonyl (C=O) groups is 1. The summed E-state index contributed by atoms with van der Waals surface area (Å²) in [5.74, 6) is 1.11. The van der Waals surface area contributed by atoms with Crippen molar-refractivity contribution in [2.45, 2.75) is 43.4 Å². The van der Waals surface area contributed by atoms with Crippen LogP contribution in [0, 0.1) is 6.92 Å². The first-order chi connectivity index (χ1) is 15.5. The Balaban J connectivity index is 1.68. The first-order valence-corrected chi connectivity index (χ1v) is 14.2. The minimum atomic E-state index is 0.173. The van der Waals surface area contributed by atoms with Crippen LogP contribution in [0.25, 0.3) is 10.2 Å². The molecule has 0 bridgehead atoms. The molecule has 0 fully saturated rings. The molecular formula is C25H33N3OS3. The molecule has 3 rings (SSSR count). The molecule has 0 saturated carbocycles. The second-order valence-corrected chi connectivity index (χ2v) is 10.7. The quantitative estimate of drug-likeness (QED) is 0.213. The van der Waals surface area contributed by atoms with Crippen molar-refractivity contribution >= 4 is 56.1 Å². The predicted octanol–water partition coefficient (Wildman–Crippen LogP) is 6.57. The standard InChI is InChI=1S/C25H33N3OS3/c1-5-27(6-2)16-17-28(25-26-24-21(30-4)9-7-10-22(24)32-25)23(29)11-8-18-31-20-14-12-19(3)13-15-20/h7,9-10,12-15H,5-6,8,11,16-18H2,1-4H3. The summed E-state index contributed by atoms with van der Waals surface area (Å²) in [7, 11) is 0. The zero-order valence-corrected chi connectivity index (χ0v) is 21.9. The van der Waals surface area contributed by atoms with Gasteiger partial charge in [-0.05, 0) is 62.7 Å². The Labute approximate surface area is 204 Å². The molecule has 1 heterocycles. The Morgan fingerprint density at radius 3 is 2.50 bits per heavy atom. The van der Waals surface area contributed by atoms with Crippen molar-refractivity contribution < 1.29 is 4.79 Å². The molecule has 32 heavy (non-hydrogen) atoms. The van der Waals surface area contributed by atoms with Crippen molar-refractivity contribution in [1.29, 1.82) is 0 Å². The van der Waals surface area contributed by atoms with Crippen LogP contribution in [-0.4, -0.2) is 54.0 Å². The number of hydrogen-bond donors (Lipinski definition) is 0. The van der Waals surface area contributed by atoms with E-state index in [2.05, 4.69) is 74.4 Å². The Kier molecular flexibility index (Phi) is 9.91. The molecule has 4 nitrogen and oxygen atoms in total. The van der Waals surface area contributed by atoms with Crippen LogP contribution in [0.2, 0.25) is 0 Å². The summed E-state index contributed by atoms with van der Waals surface area (Å²) in [4.78, 5) is 24.9. The Hall–Kier alpha value is -1.54. The highest BCUT2D eigenvalue weighted by Gasteiger charge is 2.21. The van der Waals surface area contributed by atoms with E-state index in [-0.39, 0.29) is 5.91 Å². The number of thioether (sulfide) groups is 2. The van der Waals surface area contributed by atoms with Gasteiger partial charge in [0.1, 0.15) is 0 Å². The second-order valence-electron chi connectivity index (χ2n) is 7.64. The number of anilines is 1. The number of aryl methyl sites for hydroxylation is 1. The van der Waals surface area contributed by atoms with Gasteiger partial charge in [-0.15, -0.1) is 23.5 Å². The molecule has 1 amide bonds. The third-order valence-corrected chi connectivity index (χ3v) is 8.39. The van der Waals surface area contributed by atoms with Crippen LogP contribution in [0.4, 0.5) is 5.13 Å². The maximum Gasteiger partial charge on any atom is 0.228 e. The molecule has 0 unspecified atom stereocenters. The predicted molar refractivity (Wildman–Crippen MR) is 143 cm³/mol. The van der Waals surface area contributed by atoms with E-state index in [9.17, 15) is 4.79 Å². The molecule has 0 atom stereocenters. The number of rotatable bonds is 12. The number of fused-ring (bicyclic) bond motifs is 1. The maximum atomic E-state index is 13.3. The molecule has 3 aromatic rings. The Bertz CT molecular complexity index is 999. The zero-order chi connectivity index (χ0) is 22.9. The van der Waals surface area contributed by atoms with Gasteiger partial charge in [-0.3, -0.25) is 9.69 Å². The number of benzene rings is 2. The van der Waals surface area contributed by atoms with Gasteiger partial charge in [-0.1, -0.05) is 48.9 Å². The number of amides is 1. The van der Waals surface area contributed by atoms with Crippen LogP contribution >= 0.6 is 34.9 Å². The lowest BCUT2D eigenvalue weighted by atomic mass is 10.2. The average Bonchev–Trinajstić information content (AvgIpc) is 3.24. The molecule has 1 aromatic heterocycles. The number of nitrogens with zero attached hydrogens (tertiary/aromatic N) is 3. The largest absolute Gasteiger partial charge is 0.302 e. The number of carbonyl (C=O) groups excluding carboxylic acids is 1. The lowest BCUT2D eigenvalue weighted by Gasteiger charge is -2.24. The van der Waals surface area contributed by atoms with Crippen molar-refractivity contribution in [3.05, 3.63) is 48.0 Å². The third kappa shape index (κ3) is 6.73. The molecule has 7 heteroatoms. The lowest BCUT2D eigenvalue weighted by molar-refractivity contribution is -0.118. The van der Waals surface area contributed by atoms with Gasteiger partial charge in [0.15, 0.2) is 5.13 Å². The Morgan fingerprint density at radius 2 is 1.81 bits per heavy atom. The van der Waals surface area contributed by atoms with E-state index in [1.807, 2.05) is 16.7 Å². The van der Waals surface area contributed by atoms with E-state index in [1.165, 1.54) is 10.5 Å². The van der Waals surface area contributed by atoms with E-state index in [1.54, 1.807) is 23.1 Å². The molecule has 0 aliphatic rings. The number of thiazole rings is 1. The highest BCUT2D eigenvalue weighted by atomic mass is 32.2. The minimum Gasteiger partial charge on any atom is -0.302 e. The first-order valence-electron chi connectivity index (χ1n) is 11.2. The minimum absolute atomic E-state index is 0.173. The smallest absolute Gasteiger partial charge is 0.228 e. The molecule has 0 aliphatic heterocycles. The molecule has 2 aromatic carbocycles. The summed E-state index contributed by atoms with van der Waals surface area (Å²) in [5.41, 5.74) is 2.28. The summed E-state index contributed by atoms with van der Waals surface area (Å²) < 4.78 is 1.14. The summed E-state index contributed by atoms with van der Waals surface area (Å²) in [5, 5.41) is 0.824. The van der Waals surface area contributed by atoms with Gasteiger partial charge < -0.3 is 4.90 Å². The number of para-hydroxylation sites is 1. The van der Waals surface area contributed by atoms with Crippen LogP contribution in [0.5, 0.6) is 0 Å². The summed E-state index contributed by atoms with van der Waals surface area (Å²) >= 11 is 5.15. The molecule has 0 saturated heterocycles. The SMILES string of the molecule is CCN(CC)CCN(C(=O)CCCSc1ccc(C)cc1)c1nc2c(SC)cccc2s1. The number of hydrogen-bond acceptors (Lipinski definition) is 6. The fraction of sp³-hybridized carbons (Fsp3) is 0.440. The zero-order valence-electron chi connectivity index (χ0n) is 19.5. The van der Waals surface area contributed by atoms with Gasteiger partial charge >= 0.3 is 0 Å². The molecule has 172 valence electrons. The summed E-state index contributed by atoms with van der Waals surface area (Å²) in [6.07, 6.45) is 3.48. The number of aromatic nitrogens is 1. The van der Waals surface area contributed by atoms with Gasteiger partial charge in [0.2, 0.25) is 5.91 Å². The van der Waals surface area contributed by atoms with Crippen LogP contribution in [-0.2, 0) is 4.79 Å². The van der Waals surface area contributed by atoms with Gasteiger partial charge in [-0.2, -0.15) is 0 Å². The summed E-state index contributed by atoms with van der Waals surface area (Å²) in [6.45, 7) is 9.96. The van der Waals surface area contributed by atoms with E-state index in [4.69, 9.17) is 4.98 Å². The highest BCUT2D eigenvalue weighted by molar-refractivity contribution is 7.99. The van der Waals surface area contributed by atoms with Crippen LogP contribution in [0.1, 0.15) is 32.3 Å². The van der Waals surface area contributed by atoms with E-state index in [0.29, 0.717) is 13.0 Å².